The van der Waals surface area contributed by atoms with Crippen molar-refractivity contribution in [2.45, 2.75) is 59.9 Å². The van der Waals surface area contributed by atoms with Gasteiger partial charge in [-0.3, -0.25) is 14.3 Å². The maximum Gasteiger partial charge on any atom is 0.225 e. The van der Waals surface area contributed by atoms with Gasteiger partial charge in [0.25, 0.3) is 0 Å². The van der Waals surface area contributed by atoms with E-state index >= 15 is 0 Å². The standard InChI is InChI=1S/C20H32N4O2/c1-14(2)13-24-16(4)18(15(3)21-24)7-8-19(25)22-9-11-23(12-10-22)20(26)17-5-6-17/h14,17H,5-13H2,1-4H3. The van der Waals surface area contributed by atoms with Crippen molar-refractivity contribution in [1.82, 2.24) is 19.6 Å². The minimum atomic E-state index is 0.193. The average molecular weight is 361 g/mol. The van der Waals surface area contributed by atoms with E-state index in [0.717, 1.165) is 31.5 Å². The Hall–Kier alpha value is -1.85. The molecule has 1 saturated heterocycles. The van der Waals surface area contributed by atoms with Gasteiger partial charge in [-0.1, -0.05) is 13.8 Å². The average Bonchev–Trinajstić information content (AvgIpc) is 3.41. The summed E-state index contributed by atoms with van der Waals surface area (Å²) in [6, 6.07) is 0. The van der Waals surface area contributed by atoms with Crippen molar-refractivity contribution in [3.05, 3.63) is 17.0 Å². The van der Waals surface area contributed by atoms with Crippen LogP contribution < -0.4 is 0 Å². The zero-order chi connectivity index (χ0) is 18.8. The molecule has 0 N–H and O–H groups in total. The molecule has 0 radical (unpaired) electrons. The normalized spacial score (nSPS) is 17.9. The van der Waals surface area contributed by atoms with E-state index in [1.54, 1.807) is 0 Å². The Labute approximate surface area is 156 Å². The van der Waals surface area contributed by atoms with Crippen molar-refractivity contribution in [3.63, 3.8) is 0 Å². The first-order valence-corrected chi connectivity index (χ1v) is 9.96. The number of rotatable bonds is 6. The number of amides is 2. The fourth-order valence-corrected chi connectivity index (χ4v) is 3.77. The summed E-state index contributed by atoms with van der Waals surface area (Å²) >= 11 is 0. The summed E-state index contributed by atoms with van der Waals surface area (Å²) in [7, 11) is 0. The molecular formula is C20H32N4O2. The summed E-state index contributed by atoms with van der Waals surface area (Å²) in [5.74, 6) is 1.31. The van der Waals surface area contributed by atoms with E-state index in [9.17, 15) is 9.59 Å². The topological polar surface area (TPSA) is 58.4 Å². The van der Waals surface area contributed by atoms with Crippen LogP contribution in [-0.4, -0.2) is 57.6 Å². The van der Waals surface area contributed by atoms with E-state index in [-0.39, 0.29) is 11.8 Å². The van der Waals surface area contributed by atoms with Crippen molar-refractivity contribution >= 4 is 11.8 Å². The zero-order valence-electron chi connectivity index (χ0n) is 16.6. The van der Waals surface area contributed by atoms with Gasteiger partial charge in [0.1, 0.15) is 0 Å². The maximum absolute atomic E-state index is 12.6. The molecule has 2 amide bonds. The molecule has 0 atom stereocenters. The van der Waals surface area contributed by atoms with Gasteiger partial charge < -0.3 is 9.80 Å². The summed E-state index contributed by atoms with van der Waals surface area (Å²) in [5.41, 5.74) is 3.43. The molecular weight excluding hydrogens is 328 g/mol. The Morgan fingerprint density at radius 2 is 1.69 bits per heavy atom. The number of carbonyl (C=O) groups excluding carboxylic acids is 2. The van der Waals surface area contributed by atoms with Crippen LogP contribution in [0, 0.1) is 25.7 Å². The van der Waals surface area contributed by atoms with Crippen molar-refractivity contribution in [1.29, 1.82) is 0 Å². The fourth-order valence-electron chi connectivity index (χ4n) is 3.77. The van der Waals surface area contributed by atoms with Crippen molar-refractivity contribution < 1.29 is 9.59 Å². The number of hydrogen-bond acceptors (Lipinski definition) is 3. The van der Waals surface area contributed by atoms with Crippen LogP contribution in [0.5, 0.6) is 0 Å². The number of aryl methyl sites for hydroxylation is 1. The minimum Gasteiger partial charge on any atom is -0.339 e. The fraction of sp³-hybridized carbons (Fsp3) is 0.750. The summed E-state index contributed by atoms with van der Waals surface area (Å²) < 4.78 is 2.07. The highest BCUT2D eigenvalue weighted by Gasteiger charge is 2.35. The van der Waals surface area contributed by atoms with E-state index in [1.807, 2.05) is 16.7 Å². The first-order chi connectivity index (χ1) is 12.4. The molecule has 1 aliphatic carbocycles. The molecule has 2 fully saturated rings. The third-order valence-electron chi connectivity index (χ3n) is 5.53. The highest BCUT2D eigenvalue weighted by Crippen LogP contribution is 2.31. The Morgan fingerprint density at radius 1 is 1.08 bits per heavy atom. The zero-order valence-corrected chi connectivity index (χ0v) is 16.6. The first-order valence-electron chi connectivity index (χ1n) is 9.96. The third kappa shape index (κ3) is 4.27. The molecule has 0 aromatic carbocycles. The molecule has 2 aliphatic rings. The quantitative estimate of drug-likeness (QED) is 0.781. The molecule has 3 rings (SSSR count). The molecule has 144 valence electrons. The molecule has 2 heterocycles. The third-order valence-corrected chi connectivity index (χ3v) is 5.53. The van der Waals surface area contributed by atoms with Gasteiger partial charge in [0.05, 0.1) is 5.69 Å². The number of nitrogens with zero attached hydrogens (tertiary/aromatic N) is 4. The van der Waals surface area contributed by atoms with E-state index in [1.165, 1.54) is 11.3 Å². The summed E-state index contributed by atoms with van der Waals surface area (Å²) in [4.78, 5) is 28.6. The van der Waals surface area contributed by atoms with Crippen molar-refractivity contribution in [3.8, 4) is 0 Å². The molecule has 6 nitrogen and oxygen atoms in total. The van der Waals surface area contributed by atoms with Crippen molar-refractivity contribution in [2.24, 2.45) is 11.8 Å². The summed E-state index contributed by atoms with van der Waals surface area (Å²) in [6.45, 7) is 12.1. The second-order valence-electron chi connectivity index (χ2n) is 8.21. The lowest BCUT2D eigenvalue weighted by Gasteiger charge is -2.35. The van der Waals surface area contributed by atoms with Crippen LogP contribution in [-0.2, 0) is 22.6 Å². The van der Waals surface area contributed by atoms with Crippen LogP contribution in [0.2, 0.25) is 0 Å². The minimum absolute atomic E-state index is 0.193. The lowest BCUT2D eigenvalue weighted by molar-refractivity contribution is -0.140. The largest absolute Gasteiger partial charge is 0.339 e. The highest BCUT2D eigenvalue weighted by molar-refractivity contribution is 5.82. The molecule has 1 aliphatic heterocycles. The summed E-state index contributed by atoms with van der Waals surface area (Å²) in [5, 5.41) is 4.64. The van der Waals surface area contributed by atoms with E-state index in [4.69, 9.17) is 0 Å². The lowest BCUT2D eigenvalue weighted by Crippen LogP contribution is -2.51. The Kier molecular flexibility index (Phi) is 5.68. The first kappa shape index (κ1) is 18.9. The van der Waals surface area contributed by atoms with Crippen LogP contribution in [0.1, 0.15) is 50.1 Å². The van der Waals surface area contributed by atoms with Gasteiger partial charge in [-0.15, -0.1) is 0 Å². The molecule has 26 heavy (non-hydrogen) atoms. The Morgan fingerprint density at radius 3 is 2.27 bits per heavy atom. The molecule has 0 spiro atoms. The number of carbonyl (C=O) groups is 2. The van der Waals surface area contributed by atoms with Crippen molar-refractivity contribution in [2.75, 3.05) is 26.2 Å². The van der Waals surface area contributed by atoms with Gasteiger partial charge in [-0.2, -0.15) is 5.10 Å². The number of piperazine rings is 1. The van der Waals surface area contributed by atoms with Gasteiger partial charge in [-0.05, 0) is 44.6 Å². The molecule has 1 aromatic rings. The van der Waals surface area contributed by atoms with Gasteiger partial charge in [0.2, 0.25) is 11.8 Å². The molecule has 1 aromatic heterocycles. The lowest BCUT2D eigenvalue weighted by atomic mass is 10.1. The van der Waals surface area contributed by atoms with Crippen LogP contribution in [0.3, 0.4) is 0 Å². The molecule has 0 unspecified atom stereocenters. The van der Waals surface area contributed by atoms with E-state index < -0.39 is 0 Å². The monoisotopic (exact) mass is 360 g/mol. The van der Waals surface area contributed by atoms with Gasteiger partial charge in [-0.25, -0.2) is 0 Å². The predicted molar refractivity (Wildman–Crippen MR) is 101 cm³/mol. The number of aromatic nitrogens is 2. The van der Waals surface area contributed by atoms with Crippen LogP contribution in [0.4, 0.5) is 0 Å². The molecule has 1 saturated carbocycles. The second kappa shape index (κ2) is 7.80. The number of hydrogen-bond donors (Lipinski definition) is 0. The molecule has 0 bridgehead atoms. The van der Waals surface area contributed by atoms with Gasteiger partial charge >= 0.3 is 0 Å². The summed E-state index contributed by atoms with van der Waals surface area (Å²) in [6.07, 6.45) is 3.35. The SMILES string of the molecule is Cc1nn(CC(C)C)c(C)c1CCC(=O)N1CCN(C(=O)C2CC2)CC1. The second-order valence-corrected chi connectivity index (χ2v) is 8.21. The van der Waals surface area contributed by atoms with E-state index in [0.29, 0.717) is 44.4 Å². The highest BCUT2D eigenvalue weighted by atomic mass is 16.2. The predicted octanol–water partition coefficient (Wildman–Crippen LogP) is 2.17. The van der Waals surface area contributed by atoms with Gasteiger partial charge in [0.15, 0.2) is 0 Å². The molecule has 6 heteroatoms. The van der Waals surface area contributed by atoms with E-state index in [2.05, 4.69) is 30.6 Å². The van der Waals surface area contributed by atoms with Crippen LogP contribution in [0.15, 0.2) is 0 Å². The maximum atomic E-state index is 12.6. The van der Waals surface area contributed by atoms with Crippen LogP contribution in [0.25, 0.3) is 0 Å². The van der Waals surface area contributed by atoms with Gasteiger partial charge in [0, 0.05) is 50.8 Å². The smallest absolute Gasteiger partial charge is 0.225 e. The Bertz CT molecular complexity index is 668. The van der Waals surface area contributed by atoms with Crippen LogP contribution >= 0.6 is 0 Å². The Balaban J connectivity index is 1.50.